The average molecular weight is 340 g/mol. The SMILES string of the molecule is CCn1nc(C)c(Br)c1CC(=O)C(N)c1cnn(C)c1. The van der Waals surface area contributed by atoms with E-state index >= 15 is 0 Å². The molecule has 0 aliphatic heterocycles. The zero-order valence-corrected chi connectivity index (χ0v) is 13.4. The van der Waals surface area contributed by atoms with Crippen LogP contribution in [-0.4, -0.2) is 25.3 Å². The third kappa shape index (κ3) is 2.83. The topological polar surface area (TPSA) is 78.7 Å². The van der Waals surface area contributed by atoms with Crippen LogP contribution in [0.5, 0.6) is 0 Å². The number of hydrogen-bond acceptors (Lipinski definition) is 4. The summed E-state index contributed by atoms with van der Waals surface area (Å²) in [7, 11) is 1.80. The van der Waals surface area contributed by atoms with E-state index in [1.54, 1.807) is 24.1 Å². The largest absolute Gasteiger partial charge is 0.318 e. The summed E-state index contributed by atoms with van der Waals surface area (Å²) in [5, 5.41) is 8.42. The molecule has 2 heterocycles. The zero-order chi connectivity index (χ0) is 14.9. The standard InChI is InChI=1S/C13H18BrN5O/c1-4-19-10(12(14)8(2)17-19)5-11(20)13(15)9-6-16-18(3)7-9/h6-7,13H,4-5,15H2,1-3H3. The van der Waals surface area contributed by atoms with Crippen molar-refractivity contribution >= 4 is 21.7 Å². The molecule has 1 atom stereocenters. The van der Waals surface area contributed by atoms with E-state index in [4.69, 9.17) is 5.73 Å². The van der Waals surface area contributed by atoms with Crippen LogP contribution in [-0.2, 0) is 24.8 Å². The fourth-order valence-corrected chi connectivity index (χ4v) is 2.52. The van der Waals surface area contributed by atoms with Gasteiger partial charge in [0, 0.05) is 25.4 Å². The van der Waals surface area contributed by atoms with E-state index in [0.717, 1.165) is 28.0 Å². The first-order valence-corrected chi connectivity index (χ1v) is 7.22. The Kier molecular flexibility index (Phi) is 4.39. The minimum Gasteiger partial charge on any atom is -0.318 e. The Bertz CT molecular complexity index is 631. The van der Waals surface area contributed by atoms with Crippen LogP contribution in [0, 0.1) is 6.92 Å². The molecule has 0 radical (unpaired) electrons. The summed E-state index contributed by atoms with van der Waals surface area (Å²) in [5.74, 6) is -0.0479. The van der Waals surface area contributed by atoms with E-state index in [0.29, 0.717) is 0 Å². The van der Waals surface area contributed by atoms with Crippen molar-refractivity contribution in [1.82, 2.24) is 19.6 Å². The van der Waals surface area contributed by atoms with Gasteiger partial charge in [-0.25, -0.2) is 0 Å². The van der Waals surface area contributed by atoms with Gasteiger partial charge in [0.15, 0.2) is 5.78 Å². The second-order valence-corrected chi connectivity index (χ2v) is 5.52. The molecule has 0 saturated heterocycles. The molecule has 2 aromatic rings. The number of aromatic nitrogens is 4. The molecule has 0 saturated carbocycles. The predicted octanol–water partition coefficient (Wildman–Crippen LogP) is 1.52. The fourth-order valence-electron chi connectivity index (χ4n) is 2.10. The molecule has 2 aromatic heterocycles. The minimum absolute atomic E-state index is 0.0479. The average Bonchev–Trinajstić information content (AvgIpc) is 2.96. The van der Waals surface area contributed by atoms with Gasteiger partial charge in [0.1, 0.15) is 0 Å². The lowest BCUT2D eigenvalue weighted by molar-refractivity contribution is -0.119. The second-order valence-electron chi connectivity index (χ2n) is 4.73. The van der Waals surface area contributed by atoms with Crippen LogP contribution in [0.1, 0.15) is 29.9 Å². The maximum atomic E-state index is 12.3. The van der Waals surface area contributed by atoms with Crippen molar-refractivity contribution in [2.45, 2.75) is 32.9 Å². The molecule has 108 valence electrons. The number of nitrogens with zero attached hydrogens (tertiary/aromatic N) is 4. The molecule has 2 rings (SSSR count). The third-order valence-electron chi connectivity index (χ3n) is 3.23. The number of ketones is 1. The molecule has 0 aromatic carbocycles. The molecule has 0 fully saturated rings. The van der Waals surface area contributed by atoms with Crippen molar-refractivity contribution in [3.8, 4) is 0 Å². The Balaban J connectivity index is 2.19. The second kappa shape index (κ2) is 5.88. The molecule has 6 nitrogen and oxygen atoms in total. The van der Waals surface area contributed by atoms with Crippen LogP contribution in [0.3, 0.4) is 0 Å². The highest BCUT2D eigenvalue weighted by Gasteiger charge is 2.21. The molecule has 7 heteroatoms. The number of carbonyl (C=O) groups is 1. The molecular formula is C13H18BrN5O. The highest BCUT2D eigenvalue weighted by molar-refractivity contribution is 9.10. The van der Waals surface area contributed by atoms with Crippen LogP contribution in [0.25, 0.3) is 0 Å². The quantitative estimate of drug-likeness (QED) is 0.895. The highest BCUT2D eigenvalue weighted by atomic mass is 79.9. The number of nitrogens with two attached hydrogens (primary N) is 1. The fraction of sp³-hybridized carbons (Fsp3) is 0.462. The van der Waals surface area contributed by atoms with E-state index in [1.807, 2.05) is 18.5 Å². The van der Waals surface area contributed by atoms with Gasteiger partial charge in [-0.15, -0.1) is 0 Å². The zero-order valence-electron chi connectivity index (χ0n) is 11.8. The van der Waals surface area contributed by atoms with Gasteiger partial charge in [0.2, 0.25) is 0 Å². The maximum Gasteiger partial charge on any atom is 0.160 e. The molecule has 0 amide bonds. The monoisotopic (exact) mass is 339 g/mol. The summed E-state index contributed by atoms with van der Waals surface area (Å²) in [6.45, 7) is 4.62. The summed E-state index contributed by atoms with van der Waals surface area (Å²) in [4.78, 5) is 12.3. The Labute approximate surface area is 126 Å². The molecule has 0 aliphatic rings. The van der Waals surface area contributed by atoms with Crippen molar-refractivity contribution in [2.75, 3.05) is 0 Å². The van der Waals surface area contributed by atoms with E-state index in [-0.39, 0.29) is 12.2 Å². The minimum atomic E-state index is -0.656. The summed E-state index contributed by atoms with van der Waals surface area (Å²) in [6, 6.07) is -0.656. The van der Waals surface area contributed by atoms with Gasteiger partial charge in [0.05, 0.1) is 34.5 Å². The number of Topliss-reactive ketones (excluding diaryl/α,β-unsaturated/α-hetero) is 1. The summed E-state index contributed by atoms with van der Waals surface area (Å²) >= 11 is 3.49. The lowest BCUT2D eigenvalue weighted by Gasteiger charge is -2.10. The first kappa shape index (κ1) is 14.9. The molecule has 2 N–H and O–H groups in total. The van der Waals surface area contributed by atoms with E-state index in [9.17, 15) is 4.79 Å². The molecule has 1 unspecified atom stereocenters. The first-order chi connectivity index (χ1) is 9.43. The van der Waals surface area contributed by atoms with Crippen molar-refractivity contribution in [3.63, 3.8) is 0 Å². The van der Waals surface area contributed by atoms with Gasteiger partial charge >= 0.3 is 0 Å². The molecule has 0 bridgehead atoms. The number of rotatable bonds is 5. The van der Waals surface area contributed by atoms with E-state index < -0.39 is 6.04 Å². The highest BCUT2D eigenvalue weighted by Crippen LogP contribution is 2.23. The van der Waals surface area contributed by atoms with Gasteiger partial charge in [-0.1, -0.05) is 0 Å². The lowest BCUT2D eigenvalue weighted by atomic mass is 10.0. The predicted molar refractivity (Wildman–Crippen MR) is 79.2 cm³/mol. The first-order valence-electron chi connectivity index (χ1n) is 6.42. The summed E-state index contributed by atoms with van der Waals surface area (Å²) in [5.41, 5.74) is 8.48. The Morgan fingerprint density at radius 3 is 2.80 bits per heavy atom. The van der Waals surface area contributed by atoms with Crippen LogP contribution in [0.4, 0.5) is 0 Å². The van der Waals surface area contributed by atoms with Crippen molar-refractivity contribution < 1.29 is 4.79 Å². The van der Waals surface area contributed by atoms with Gasteiger partial charge in [-0.05, 0) is 29.8 Å². The van der Waals surface area contributed by atoms with Gasteiger partial charge in [-0.2, -0.15) is 10.2 Å². The van der Waals surface area contributed by atoms with Gasteiger partial charge in [0.25, 0.3) is 0 Å². The Morgan fingerprint density at radius 1 is 1.55 bits per heavy atom. The lowest BCUT2D eigenvalue weighted by Crippen LogP contribution is -2.24. The van der Waals surface area contributed by atoms with Crippen LogP contribution in [0.2, 0.25) is 0 Å². The third-order valence-corrected chi connectivity index (χ3v) is 4.26. The smallest absolute Gasteiger partial charge is 0.160 e. The van der Waals surface area contributed by atoms with Crippen molar-refractivity contribution in [1.29, 1.82) is 0 Å². The molecule has 20 heavy (non-hydrogen) atoms. The van der Waals surface area contributed by atoms with Crippen LogP contribution in [0.15, 0.2) is 16.9 Å². The number of halogens is 1. The molecule has 0 aliphatic carbocycles. The molecule has 0 spiro atoms. The normalized spacial score (nSPS) is 12.7. The van der Waals surface area contributed by atoms with E-state index in [2.05, 4.69) is 26.1 Å². The van der Waals surface area contributed by atoms with Gasteiger partial charge in [-0.3, -0.25) is 14.2 Å². The number of aryl methyl sites for hydroxylation is 3. The van der Waals surface area contributed by atoms with E-state index in [1.165, 1.54) is 0 Å². The number of hydrogen-bond donors (Lipinski definition) is 1. The van der Waals surface area contributed by atoms with Crippen LogP contribution >= 0.6 is 15.9 Å². The summed E-state index contributed by atoms with van der Waals surface area (Å²) < 4.78 is 4.35. The van der Waals surface area contributed by atoms with Crippen molar-refractivity contribution in [3.05, 3.63) is 33.8 Å². The Morgan fingerprint density at radius 2 is 2.25 bits per heavy atom. The Hall–Kier alpha value is -1.47. The number of carbonyl (C=O) groups excluding carboxylic acids is 1. The van der Waals surface area contributed by atoms with Gasteiger partial charge < -0.3 is 5.73 Å². The van der Waals surface area contributed by atoms with Crippen LogP contribution < -0.4 is 5.73 Å². The molecular weight excluding hydrogens is 322 g/mol. The summed E-state index contributed by atoms with van der Waals surface area (Å²) in [6.07, 6.45) is 3.64. The maximum absolute atomic E-state index is 12.3. The van der Waals surface area contributed by atoms with Crippen molar-refractivity contribution in [2.24, 2.45) is 12.8 Å².